The van der Waals surface area contributed by atoms with Gasteiger partial charge in [0, 0.05) is 11.5 Å². The van der Waals surface area contributed by atoms with Gasteiger partial charge in [0.25, 0.3) is 0 Å². The van der Waals surface area contributed by atoms with Gasteiger partial charge in [-0.15, -0.1) is 0 Å². The molecule has 0 saturated heterocycles. The molecule has 3 rings (SSSR count). The van der Waals surface area contributed by atoms with Crippen molar-refractivity contribution in [3.63, 3.8) is 0 Å². The van der Waals surface area contributed by atoms with Crippen molar-refractivity contribution in [2.45, 2.75) is 6.61 Å². The first-order chi connectivity index (χ1) is 9.75. The summed E-state index contributed by atoms with van der Waals surface area (Å²) in [4.78, 5) is 11.4. The third kappa shape index (κ3) is 2.23. The summed E-state index contributed by atoms with van der Waals surface area (Å²) in [7, 11) is 0. The van der Waals surface area contributed by atoms with Crippen molar-refractivity contribution in [1.29, 1.82) is 0 Å². The van der Waals surface area contributed by atoms with Crippen LogP contribution in [0.25, 0.3) is 10.9 Å². The van der Waals surface area contributed by atoms with Crippen LogP contribution in [0.1, 0.15) is 5.56 Å². The highest BCUT2D eigenvalue weighted by atomic mass is 16.5. The number of hydrogen-bond donors (Lipinski definition) is 1. The maximum atomic E-state index is 11.4. The Balaban J connectivity index is 1.95. The molecule has 0 aliphatic rings. The summed E-state index contributed by atoms with van der Waals surface area (Å²) in [5.74, 6) is 0.336. The van der Waals surface area contributed by atoms with E-state index in [1.54, 1.807) is 12.1 Å². The van der Waals surface area contributed by atoms with E-state index in [4.69, 9.17) is 4.74 Å². The highest BCUT2D eigenvalue weighted by molar-refractivity contribution is 5.91. The van der Waals surface area contributed by atoms with Crippen LogP contribution in [0.2, 0.25) is 0 Å². The molecule has 0 bridgehead atoms. The molecule has 0 radical (unpaired) electrons. The molecule has 0 fully saturated rings. The zero-order valence-corrected chi connectivity index (χ0v) is 10.7. The van der Waals surface area contributed by atoms with Gasteiger partial charge in [-0.3, -0.25) is 0 Å². The summed E-state index contributed by atoms with van der Waals surface area (Å²) in [5.41, 5.74) is 1.62. The Morgan fingerprint density at radius 2 is 1.75 bits per heavy atom. The molecule has 20 heavy (non-hydrogen) atoms. The molecule has 2 aromatic carbocycles. The van der Waals surface area contributed by atoms with Gasteiger partial charge < -0.3 is 9.84 Å². The van der Waals surface area contributed by atoms with Crippen molar-refractivity contribution >= 4 is 17.0 Å². The average molecular weight is 267 g/mol. The van der Waals surface area contributed by atoms with Gasteiger partial charge in [-0.1, -0.05) is 48.5 Å². The Labute approximate surface area is 115 Å². The van der Waals surface area contributed by atoms with Gasteiger partial charge in [-0.25, -0.2) is 9.36 Å². The third-order valence-corrected chi connectivity index (χ3v) is 3.10. The summed E-state index contributed by atoms with van der Waals surface area (Å²) in [6.07, 6.45) is -1.05. The zero-order valence-electron chi connectivity index (χ0n) is 10.7. The normalized spacial score (nSPS) is 10.6. The first-order valence-corrected chi connectivity index (χ1v) is 6.26. The van der Waals surface area contributed by atoms with Crippen LogP contribution in [0.4, 0.5) is 4.79 Å². The molecule has 4 nitrogen and oxygen atoms in total. The summed E-state index contributed by atoms with van der Waals surface area (Å²) in [5, 5.41) is 10.2. The Bertz CT molecular complexity index is 747. The molecule has 0 saturated carbocycles. The van der Waals surface area contributed by atoms with Gasteiger partial charge in [-0.2, -0.15) is 0 Å². The minimum atomic E-state index is -1.05. The minimum absolute atomic E-state index is 0.336. The average Bonchev–Trinajstić information content (AvgIpc) is 2.84. The number of rotatable bonds is 3. The van der Waals surface area contributed by atoms with Crippen LogP contribution in [0.5, 0.6) is 5.88 Å². The predicted octanol–water partition coefficient (Wildman–Crippen LogP) is 3.75. The molecule has 0 amide bonds. The third-order valence-electron chi connectivity index (χ3n) is 3.10. The van der Waals surface area contributed by atoms with E-state index in [1.165, 1.54) is 0 Å². The number of para-hydroxylation sites is 1. The van der Waals surface area contributed by atoms with E-state index in [2.05, 4.69) is 0 Å². The molecule has 1 N–H and O–H groups in total. The number of carbonyl (C=O) groups is 1. The maximum absolute atomic E-state index is 11.4. The van der Waals surface area contributed by atoms with Crippen LogP contribution < -0.4 is 4.74 Å². The zero-order chi connectivity index (χ0) is 13.9. The summed E-state index contributed by atoms with van der Waals surface area (Å²) < 4.78 is 6.82. The molecule has 0 aliphatic heterocycles. The van der Waals surface area contributed by atoms with E-state index < -0.39 is 6.09 Å². The topological polar surface area (TPSA) is 51.5 Å². The SMILES string of the molecule is O=C(O)n1c(OCc2ccccc2)cc2ccccc21. The smallest absolute Gasteiger partial charge is 0.418 e. The second-order valence-electron chi connectivity index (χ2n) is 4.43. The van der Waals surface area contributed by atoms with E-state index in [0.29, 0.717) is 18.0 Å². The highest BCUT2D eigenvalue weighted by Crippen LogP contribution is 2.25. The fraction of sp³-hybridized carbons (Fsp3) is 0.0625. The van der Waals surface area contributed by atoms with Crippen LogP contribution in [-0.2, 0) is 6.61 Å². The lowest BCUT2D eigenvalue weighted by atomic mass is 10.2. The predicted molar refractivity (Wildman–Crippen MR) is 76.1 cm³/mol. The van der Waals surface area contributed by atoms with E-state index in [1.807, 2.05) is 48.5 Å². The quantitative estimate of drug-likeness (QED) is 0.786. The molecule has 1 heterocycles. The van der Waals surface area contributed by atoms with Crippen molar-refractivity contribution < 1.29 is 14.6 Å². The molecular formula is C16H13NO3. The lowest BCUT2D eigenvalue weighted by Crippen LogP contribution is -2.10. The van der Waals surface area contributed by atoms with Gasteiger partial charge in [0.2, 0.25) is 5.88 Å². The number of carboxylic acid groups (broad SMARTS) is 1. The molecule has 0 unspecified atom stereocenters. The first-order valence-electron chi connectivity index (χ1n) is 6.26. The standard InChI is InChI=1S/C16H13NO3/c18-16(19)17-14-9-5-4-8-13(14)10-15(17)20-11-12-6-2-1-3-7-12/h1-10H,11H2,(H,18,19). The molecule has 1 aromatic heterocycles. The molecule has 4 heteroatoms. The van der Waals surface area contributed by atoms with Gasteiger partial charge >= 0.3 is 6.09 Å². The summed E-state index contributed by atoms with van der Waals surface area (Å²) in [6, 6.07) is 18.7. The number of nitrogens with zero attached hydrogens (tertiary/aromatic N) is 1. The van der Waals surface area contributed by atoms with Crippen LogP contribution in [-0.4, -0.2) is 15.8 Å². The fourth-order valence-corrected chi connectivity index (χ4v) is 2.16. The largest absolute Gasteiger partial charge is 0.474 e. The molecular weight excluding hydrogens is 254 g/mol. The van der Waals surface area contributed by atoms with E-state index in [9.17, 15) is 9.90 Å². The van der Waals surface area contributed by atoms with Crippen LogP contribution in [0, 0.1) is 0 Å². The molecule has 100 valence electrons. The number of fused-ring (bicyclic) bond motifs is 1. The lowest BCUT2D eigenvalue weighted by Gasteiger charge is -2.07. The van der Waals surface area contributed by atoms with Crippen LogP contribution in [0.3, 0.4) is 0 Å². The monoisotopic (exact) mass is 267 g/mol. The Morgan fingerprint density at radius 3 is 2.50 bits per heavy atom. The first kappa shape index (κ1) is 12.3. The van der Waals surface area contributed by atoms with Crippen molar-refractivity contribution in [3.8, 4) is 5.88 Å². The van der Waals surface area contributed by atoms with Crippen LogP contribution in [0.15, 0.2) is 60.7 Å². The van der Waals surface area contributed by atoms with Gasteiger partial charge in [0.05, 0.1) is 5.52 Å². The van der Waals surface area contributed by atoms with Crippen molar-refractivity contribution in [3.05, 3.63) is 66.2 Å². The Morgan fingerprint density at radius 1 is 1.05 bits per heavy atom. The van der Waals surface area contributed by atoms with Crippen molar-refractivity contribution in [2.75, 3.05) is 0 Å². The van der Waals surface area contributed by atoms with Crippen LogP contribution >= 0.6 is 0 Å². The Kier molecular flexibility index (Phi) is 3.13. The van der Waals surface area contributed by atoms with E-state index >= 15 is 0 Å². The van der Waals surface area contributed by atoms with Gasteiger partial charge in [0.1, 0.15) is 6.61 Å². The number of hydrogen-bond acceptors (Lipinski definition) is 2. The Hall–Kier alpha value is -2.75. The molecule has 0 spiro atoms. The number of ether oxygens (including phenoxy) is 1. The van der Waals surface area contributed by atoms with Gasteiger partial charge in [-0.05, 0) is 11.6 Å². The van der Waals surface area contributed by atoms with Crippen molar-refractivity contribution in [1.82, 2.24) is 4.57 Å². The molecule has 3 aromatic rings. The minimum Gasteiger partial charge on any atom is -0.474 e. The number of aromatic nitrogens is 1. The lowest BCUT2D eigenvalue weighted by molar-refractivity contribution is 0.190. The van der Waals surface area contributed by atoms with Crippen molar-refractivity contribution in [2.24, 2.45) is 0 Å². The summed E-state index contributed by atoms with van der Waals surface area (Å²) in [6.45, 7) is 0.338. The number of benzene rings is 2. The maximum Gasteiger partial charge on any atom is 0.418 e. The van der Waals surface area contributed by atoms with Gasteiger partial charge in [0.15, 0.2) is 0 Å². The molecule has 0 atom stereocenters. The molecule has 0 aliphatic carbocycles. The highest BCUT2D eigenvalue weighted by Gasteiger charge is 2.14. The van der Waals surface area contributed by atoms with E-state index in [-0.39, 0.29) is 0 Å². The second-order valence-corrected chi connectivity index (χ2v) is 4.43. The van der Waals surface area contributed by atoms with E-state index in [0.717, 1.165) is 15.5 Å². The summed E-state index contributed by atoms with van der Waals surface area (Å²) >= 11 is 0. The second kappa shape index (κ2) is 5.09. The fourth-order valence-electron chi connectivity index (χ4n) is 2.16.